The van der Waals surface area contributed by atoms with E-state index in [9.17, 15) is 8.78 Å². The standard InChI is InChI=1S/C32H32F2N4.3C2H6.C2H4.C2H2/c1-21-13-16-26(17-14-21)36-31-37-29-19-24(23(3)35-28-12-8-5-9-22(28)2)15-18-30(29)38(31)20-25-10-6-7-11-27(25)32(4,33)34;5*1-2/h6-7,9-19,35H,3,5,8,20H2,1-2,4H3,(H,36,37);3*1-2H3;1-2H2;1-2H. The van der Waals surface area contributed by atoms with Crippen LogP contribution >= 0.6 is 0 Å². The maximum absolute atomic E-state index is 14.4. The zero-order valence-electron chi connectivity index (χ0n) is 30.6. The highest BCUT2D eigenvalue weighted by atomic mass is 19.3. The molecule has 0 spiro atoms. The number of aromatic nitrogens is 2. The number of imidazole rings is 1. The van der Waals surface area contributed by atoms with Crippen molar-refractivity contribution in [2.75, 3.05) is 5.32 Å². The Morgan fingerprint density at radius 1 is 0.875 bits per heavy atom. The summed E-state index contributed by atoms with van der Waals surface area (Å²) in [6.45, 7) is 27.6. The lowest BCUT2D eigenvalue weighted by Gasteiger charge is -2.18. The summed E-state index contributed by atoms with van der Waals surface area (Å²) in [5.74, 6) is -2.36. The first-order valence-corrected chi connectivity index (χ1v) is 16.7. The SMILES string of the molecule is C#C.C=C.C=C(NC1=CCCC=C1C)c1ccc2c(c1)nc(Nc1ccc(C)cc1)n2Cc1ccccc1C(C)(F)F.CC.CC.CC. The smallest absolute Gasteiger partial charge is 0.270 e. The molecular weight excluding hydrogens is 598 g/mol. The normalized spacial score (nSPS) is 11.4. The van der Waals surface area contributed by atoms with Crippen LogP contribution in [-0.4, -0.2) is 9.55 Å². The Balaban J connectivity index is 0.00000203. The lowest BCUT2D eigenvalue weighted by atomic mass is 10.0. The van der Waals surface area contributed by atoms with E-state index in [0.717, 1.165) is 59.0 Å². The third kappa shape index (κ3) is 12.0. The minimum atomic E-state index is -2.95. The zero-order valence-corrected chi connectivity index (χ0v) is 30.6. The first-order chi connectivity index (χ1) is 23.2. The van der Waals surface area contributed by atoms with E-state index in [1.807, 2.05) is 95.5 Å². The van der Waals surface area contributed by atoms with E-state index in [2.05, 4.69) is 62.3 Å². The molecule has 4 nitrogen and oxygen atoms in total. The molecule has 0 radical (unpaired) electrons. The molecule has 6 heteroatoms. The Labute approximate surface area is 289 Å². The average molecular weight is 655 g/mol. The van der Waals surface area contributed by atoms with Gasteiger partial charge in [-0.15, -0.1) is 26.0 Å². The Morgan fingerprint density at radius 3 is 2.04 bits per heavy atom. The van der Waals surface area contributed by atoms with Crippen LogP contribution in [0.15, 0.2) is 110 Å². The molecule has 0 aliphatic heterocycles. The number of fused-ring (bicyclic) bond motifs is 1. The Hall–Kier alpha value is -4.89. The van der Waals surface area contributed by atoms with Crippen LogP contribution in [0.4, 0.5) is 20.4 Å². The summed E-state index contributed by atoms with van der Waals surface area (Å²) >= 11 is 0. The van der Waals surface area contributed by atoms with Gasteiger partial charge in [-0.05, 0) is 67.7 Å². The summed E-state index contributed by atoms with van der Waals surface area (Å²) in [5, 5.41) is 6.84. The Kier molecular flexibility index (Phi) is 20.3. The van der Waals surface area contributed by atoms with Gasteiger partial charge >= 0.3 is 0 Å². The van der Waals surface area contributed by atoms with Crippen molar-refractivity contribution < 1.29 is 8.78 Å². The minimum absolute atomic E-state index is 0.0153. The average Bonchev–Trinajstić information content (AvgIpc) is 3.46. The van der Waals surface area contributed by atoms with E-state index < -0.39 is 5.92 Å². The maximum atomic E-state index is 14.4. The predicted octanol–water partition coefficient (Wildman–Crippen LogP) is 12.6. The molecule has 0 atom stereocenters. The number of aryl methyl sites for hydroxylation is 1. The first kappa shape index (κ1) is 43.1. The molecule has 1 aromatic heterocycles. The molecule has 48 heavy (non-hydrogen) atoms. The van der Waals surface area contributed by atoms with Crippen LogP contribution in [-0.2, 0) is 12.5 Å². The molecule has 258 valence electrons. The molecule has 2 N–H and O–H groups in total. The number of nitrogens with one attached hydrogen (secondary N) is 2. The summed E-state index contributed by atoms with van der Waals surface area (Å²) in [6.07, 6.45) is 14.5. The van der Waals surface area contributed by atoms with Gasteiger partial charge in [0.1, 0.15) is 0 Å². The van der Waals surface area contributed by atoms with E-state index in [1.54, 1.807) is 18.2 Å². The van der Waals surface area contributed by atoms with E-state index in [-0.39, 0.29) is 12.1 Å². The molecule has 1 aliphatic carbocycles. The van der Waals surface area contributed by atoms with Crippen molar-refractivity contribution in [2.24, 2.45) is 0 Å². The van der Waals surface area contributed by atoms with Crippen LogP contribution in [0.3, 0.4) is 0 Å². The fourth-order valence-electron chi connectivity index (χ4n) is 4.78. The lowest BCUT2D eigenvalue weighted by Crippen LogP contribution is -2.14. The van der Waals surface area contributed by atoms with Crippen LogP contribution in [0, 0.1) is 19.8 Å². The van der Waals surface area contributed by atoms with Crippen molar-refractivity contribution in [3.05, 3.63) is 132 Å². The monoisotopic (exact) mass is 654 g/mol. The van der Waals surface area contributed by atoms with Crippen molar-refractivity contribution in [3.8, 4) is 12.8 Å². The second-order valence-corrected chi connectivity index (χ2v) is 9.95. The zero-order chi connectivity index (χ0) is 36.9. The second kappa shape index (κ2) is 22.6. The molecule has 0 fully saturated rings. The topological polar surface area (TPSA) is 41.9 Å². The van der Waals surface area contributed by atoms with Crippen molar-refractivity contribution in [2.45, 2.75) is 87.6 Å². The van der Waals surface area contributed by atoms with E-state index in [0.29, 0.717) is 11.5 Å². The lowest BCUT2D eigenvalue weighted by molar-refractivity contribution is 0.0165. The van der Waals surface area contributed by atoms with Crippen LogP contribution in [0.2, 0.25) is 0 Å². The summed E-state index contributed by atoms with van der Waals surface area (Å²) in [5.41, 5.74) is 8.18. The number of hydrogen-bond acceptors (Lipinski definition) is 3. The van der Waals surface area contributed by atoms with E-state index in [1.165, 1.54) is 11.6 Å². The highest BCUT2D eigenvalue weighted by molar-refractivity contribution is 5.84. The third-order valence-corrected chi connectivity index (χ3v) is 6.90. The van der Waals surface area contributed by atoms with Gasteiger partial charge in [-0.3, -0.25) is 0 Å². The van der Waals surface area contributed by atoms with E-state index >= 15 is 0 Å². The van der Waals surface area contributed by atoms with Crippen molar-refractivity contribution in [3.63, 3.8) is 0 Å². The fraction of sp³-hybridized carbons (Fsp3) is 0.310. The number of halogens is 2. The number of nitrogens with zero attached hydrogens (tertiary/aromatic N) is 2. The van der Waals surface area contributed by atoms with Crippen LogP contribution in [0.25, 0.3) is 16.7 Å². The maximum Gasteiger partial charge on any atom is 0.270 e. The molecule has 0 saturated carbocycles. The highest BCUT2D eigenvalue weighted by Crippen LogP contribution is 2.33. The van der Waals surface area contributed by atoms with Gasteiger partial charge < -0.3 is 15.2 Å². The number of benzene rings is 3. The first-order valence-electron chi connectivity index (χ1n) is 16.7. The molecule has 1 aliphatic rings. The molecule has 0 unspecified atom stereocenters. The fourth-order valence-corrected chi connectivity index (χ4v) is 4.78. The number of alkyl halides is 2. The van der Waals surface area contributed by atoms with Gasteiger partial charge in [-0.2, -0.15) is 0 Å². The van der Waals surface area contributed by atoms with Gasteiger partial charge in [0, 0.05) is 29.6 Å². The molecule has 0 bridgehead atoms. The van der Waals surface area contributed by atoms with Gasteiger partial charge in [0.05, 0.1) is 17.6 Å². The quantitative estimate of drug-likeness (QED) is 0.147. The number of allylic oxidation sites excluding steroid dienone is 3. The molecule has 1 heterocycles. The van der Waals surface area contributed by atoms with Crippen molar-refractivity contribution >= 4 is 28.4 Å². The van der Waals surface area contributed by atoms with Gasteiger partial charge in [-0.25, -0.2) is 13.8 Å². The molecule has 0 amide bonds. The molecule has 4 aromatic rings. The minimum Gasteiger partial charge on any atom is -0.356 e. The number of terminal acetylenes is 1. The van der Waals surface area contributed by atoms with Crippen LogP contribution < -0.4 is 10.6 Å². The summed E-state index contributed by atoms with van der Waals surface area (Å²) in [6, 6.07) is 20.7. The van der Waals surface area contributed by atoms with Crippen LogP contribution in [0.5, 0.6) is 0 Å². The Morgan fingerprint density at radius 2 is 1.46 bits per heavy atom. The van der Waals surface area contributed by atoms with Gasteiger partial charge in [-0.1, -0.05) is 108 Å². The second-order valence-electron chi connectivity index (χ2n) is 9.95. The molecule has 0 saturated heterocycles. The van der Waals surface area contributed by atoms with E-state index in [4.69, 9.17) is 4.98 Å². The number of rotatable bonds is 8. The molecule has 5 rings (SSSR count). The third-order valence-electron chi connectivity index (χ3n) is 6.90. The summed E-state index contributed by atoms with van der Waals surface area (Å²) < 4.78 is 30.8. The summed E-state index contributed by atoms with van der Waals surface area (Å²) in [4.78, 5) is 4.89. The highest BCUT2D eigenvalue weighted by Gasteiger charge is 2.27. The van der Waals surface area contributed by atoms with Crippen LogP contribution in [0.1, 0.15) is 90.5 Å². The molecule has 3 aromatic carbocycles. The van der Waals surface area contributed by atoms with Crippen molar-refractivity contribution in [1.29, 1.82) is 0 Å². The van der Waals surface area contributed by atoms with Gasteiger partial charge in [0.2, 0.25) is 5.95 Å². The number of anilines is 2. The van der Waals surface area contributed by atoms with Gasteiger partial charge in [0.25, 0.3) is 5.92 Å². The van der Waals surface area contributed by atoms with Crippen molar-refractivity contribution in [1.82, 2.24) is 14.9 Å². The number of hydrogen-bond donors (Lipinski definition) is 2. The predicted molar refractivity (Wildman–Crippen MR) is 208 cm³/mol. The Bertz CT molecular complexity index is 1620. The molecular formula is C42H56F2N4. The van der Waals surface area contributed by atoms with Gasteiger partial charge in [0.15, 0.2) is 0 Å². The largest absolute Gasteiger partial charge is 0.356 e. The summed E-state index contributed by atoms with van der Waals surface area (Å²) in [7, 11) is 0.